The highest BCUT2D eigenvalue weighted by molar-refractivity contribution is 9.28. The van der Waals surface area contributed by atoms with Crippen LogP contribution in [0, 0.1) is 0 Å². The molecular weight excluding hydrogens is 546 g/mol. The molecule has 5 nitrogen and oxygen atoms in total. The lowest BCUT2D eigenvalue weighted by atomic mass is 10.0. The molecule has 0 saturated heterocycles. The summed E-state index contributed by atoms with van der Waals surface area (Å²) in [4.78, 5) is 16.5. The molecule has 0 unspecified atom stereocenters. The second-order valence-corrected chi connectivity index (χ2v) is 8.86. The van der Waals surface area contributed by atoms with E-state index in [9.17, 15) is 9.90 Å². The lowest BCUT2D eigenvalue weighted by Gasteiger charge is -2.12. The van der Waals surface area contributed by atoms with E-state index < -0.39 is 5.97 Å². The predicted octanol–water partition coefficient (Wildman–Crippen LogP) is 5.94. The van der Waals surface area contributed by atoms with Crippen LogP contribution in [0.5, 0.6) is 5.75 Å². The van der Waals surface area contributed by atoms with E-state index in [1.807, 2.05) is 30.3 Å². The quantitative estimate of drug-likeness (QED) is 0.320. The Kier molecular flexibility index (Phi) is 8.53. The van der Waals surface area contributed by atoms with E-state index in [4.69, 9.17) is 9.57 Å². The van der Waals surface area contributed by atoms with Crippen LogP contribution in [0.25, 0.3) is 6.08 Å². The van der Waals surface area contributed by atoms with E-state index in [0.717, 1.165) is 13.4 Å². The van der Waals surface area contributed by atoms with Gasteiger partial charge in [0.25, 0.3) is 0 Å². The van der Waals surface area contributed by atoms with Gasteiger partial charge in [-0.2, -0.15) is 0 Å². The van der Waals surface area contributed by atoms with E-state index >= 15 is 0 Å². The van der Waals surface area contributed by atoms with Crippen LogP contribution in [0.1, 0.15) is 23.6 Å². The van der Waals surface area contributed by atoms with Crippen LogP contribution < -0.4 is 4.74 Å². The number of aliphatic carboxylic acids is 1. The Morgan fingerprint density at radius 1 is 1.22 bits per heavy atom. The van der Waals surface area contributed by atoms with Crippen LogP contribution in [0.15, 0.2) is 55.5 Å². The highest BCUT2D eigenvalue weighted by atomic mass is 79.9. The molecule has 1 N–H and O–H groups in total. The van der Waals surface area contributed by atoms with Crippen LogP contribution in [0.3, 0.4) is 0 Å². The molecular formula is C19H16Br3NO4. The third-order valence-corrected chi connectivity index (χ3v) is 4.45. The first-order valence-corrected chi connectivity index (χ1v) is 10.3. The molecule has 0 amide bonds. The van der Waals surface area contributed by atoms with Gasteiger partial charge in [-0.1, -0.05) is 35.5 Å². The van der Waals surface area contributed by atoms with Crippen molar-refractivity contribution in [2.45, 2.75) is 13.5 Å². The molecule has 27 heavy (non-hydrogen) atoms. The van der Waals surface area contributed by atoms with E-state index in [2.05, 4.69) is 52.9 Å². The minimum atomic E-state index is -1.16. The largest absolute Gasteiger partial charge is 0.488 e. The number of carboxylic acids is 1. The molecule has 0 atom stereocenters. The summed E-state index contributed by atoms with van der Waals surface area (Å²) in [5.41, 5.74) is 1.97. The average molecular weight is 562 g/mol. The number of carbonyl (C=O) groups is 1. The van der Waals surface area contributed by atoms with Gasteiger partial charge in [0.05, 0.1) is 7.86 Å². The van der Waals surface area contributed by atoms with Crippen molar-refractivity contribution in [2.75, 3.05) is 6.61 Å². The maximum Gasteiger partial charge on any atom is 0.358 e. The fourth-order valence-electron chi connectivity index (χ4n) is 2.22. The topological polar surface area (TPSA) is 68.1 Å². The van der Waals surface area contributed by atoms with Gasteiger partial charge in [-0.05, 0) is 84.0 Å². The number of hydrogen-bond donors (Lipinski definition) is 1. The number of ether oxygens (including phenoxy) is 1. The second-order valence-electron chi connectivity index (χ2n) is 5.23. The Balaban J connectivity index is 2.24. The van der Waals surface area contributed by atoms with Crippen LogP contribution in [-0.2, 0) is 16.2 Å². The molecule has 0 radical (unpaired) electrons. The molecule has 0 heterocycles. The number of halogens is 3. The summed E-state index contributed by atoms with van der Waals surface area (Å²) in [6, 6.07) is 12.7. The smallest absolute Gasteiger partial charge is 0.358 e. The van der Waals surface area contributed by atoms with Crippen molar-refractivity contribution in [3.05, 3.63) is 67.0 Å². The minimum absolute atomic E-state index is 0.155. The molecule has 0 aliphatic rings. The summed E-state index contributed by atoms with van der Waals surface area (Å²) in [6.07, 6.45) is 1.91. The second kappa shape index (κ2) is 10.6. The van der Waals surface area contributed by atoms with Crippen LogP contribution in [0.4, 0.5) is 0 Å². The Hall–Kier alpha value is -1.64. The first-order valence-electron chi connectivity index (χ1n) is 7.89. The molecule has 0 bridgehead atoms. The van der Waals surface area contributed by atoms with Gasteiger partial charge in [0, 0.05) is 5.56 Å². The van der Waals surface area contributed by atoms with Gasteiger partial charge >= 0.3 is 5.97 Å². The monoisotopic (exact) mass is 559 g/mol. The van der Waals surface area contributed by atoms with Crippen molar-refractivity contribution >= 4 is 65.5 Å². The lowest BCUT2D eigenvalue weighted by Crippen LogP contribution is -2.18. The van der Waals surface area contributed by atoms with Crippen molar-refractivity contribution < 1.29 is 19.5 Å². The van der Waals surface area contributed by atoms with Gasteiger partial charge in [-0.15, -0.1) is 0 Å². The Bertz CT molecular complexity index is 877. The van der Waals surface area contributed by atoms with Crippen LogP contribution >= 0.6 is 47.8 Å². The molecule has 2 aromatic carbocycles. The number of hydrogen-bond acceptors (Lipinski definition) is 4. The fraction of sp³-hybridized carbons (Fsp3) is 0.158. The van der Waals surface area contributed by atoms with E-state index in [0.29, 0.717) is 16.9 Å². The van der Waals surface area contributed by atoms with Crippen molar-refractivity contribution in [1.29, 1.82) is 0 Å². The molecule has 0 saturated carbocycles. The van der Waals surface area contributed by atoms with Gasteiger partial charge in [0.2, 0.25) is 0 Å². The number of rotatable bonds is 8. The van der Waals surface area contributed by atoms with Gasteiger partial charge in [-0.3, -0.25) is 0 Å². The molecule has 0 aliphatic carbocycles. The first-order chi connectivity index (χ1) is 12.9. The van der Waals surface area contributed by atoms with Crippen molar-refractivity contribution in [3.8, 4) is 5.75 Å². The summed E-state index contributed by atoms with van der Waals surface area (Å²) in [7, 11) is 0. The lowest BCUT2D eigenvalue weighted by molar-refractivity contribution is -0.129. The Morgan fingerprint density at radius 3 is 2.59 bits per heavy atom. The molecule has 8 heteroatoms. The number of benzene rings is 2. The molecule has 0 fully saturated rings. The average Bonchev–Trinajstić information content (AvgIpc) is 2.61. The SMILES string of the molecule is CCON=C(C(=O)O)c1ccccc1COc1ccc(C=C(Br)Br)cc1Br. The molecule has 2 rings (SSSR count). The number of oxime groups is 1. The summed E-state index contributed by atoms with van der Waals surface area (Å²) in [5, 5.41) is 13.2. The number of carboxylic acid groups (broad SMARTS) is 1. The van der Waals surface area contributed by atoms with Crippen molar-refractivity contribution in [2.24, 2.45) is 5.16 Å². The third-order valence-electron chi connectivity index (χ3n) is 3.37. The normalized spacial score (nSPS) is 11.0. The predicted molar refractivity (Wildman–Crippen MR) is 117 cm³/mol. The maximum atomic E-state index is 11.5. The molecule has 0 aromatic heterocycles. The van der Waals surface area contributed by atoms with Crippen LogP contribution in [0.2, 0.25) is 0 Å². The highest BCUT2D eigenvalue weighted by Gasteiger charge is 2.18. The highest BCUT2D eigenvalue weighted by Crippen LogP contribution is 2.29. The third kappa shape index (κ3) is 6.48. The van der Waals surface area contributed by atoms with E-state index in [1.54, 1.807) is 25.1 Å². The van der Waals surface area contributed by atoms with Gasteiger partial charge in [0.1, 0.15) is 19.0 Å². The summed E-state index contributed by atoms with van der Waals surface area (Å²) < 4.78 is 7.50. The molecule has 0 aliphatic heterocycles. The van der Waals surface area contributed by atoms with Crippen LogP contribution in [-0.4, -0.2) is 23.4 Å². The maximum absolute atomic E-state index is 11.5. The Labute approximate surface area is 182 Å². The molecule has 142 valence electrons. The zero-order valence-corrected chi connectivity index (χ0v) is 19.0. The van der Waals surface area contributed by atoms with E-state index in [-0.39, 0.29) is 18.9 Å². The zero-order valence-electron chi connectivity index (χ0n) is 14.3. The Morgan fingerprint density at radius 2 is 1.96 bits per heavy atom. The van der Waals surface area contributed by atoms with Gasteiger partial charge < -0.3 is 14.7 Å². The molecule has 2 aromatic rings. The summed E-state index contributed by atoms with van der Waals surface area (Å²) in [5.74, 6) is -0.514. The summed E-state index contributed by atoms with van der Waals surface area (Å²) >= 11 is 10.1. The molecule has 0 spiro atoms. The van der Waals surface area contributed by atoms with Crippen molar-refractivity contribution in [3.63, 3.8) is 0 Å². The van der Waals surface area contributed by atoms with Crippen molar-refractivity contribution in [1.82, 2.24) is 0 Å². The minimum Gasteiger partial charge on any atom is -0.488 e. The van der Waals surface area contributed by atoms with Gasteiger partial charge in [0.15, 0.2) is 5.71 Å². The standard InChI is InChI=1S/C19H16Br3NO4/c1-2-27-23-18(19(24)25)14-6-4-3-5-13(14)11-26-16-8-7-12(9-15(16)20)10-17(21)22/h3-10H,2,11H2,1H3,(H,24,25). The number of nitrogens with zero attached hydrogens (tertiary/aromatic N) is 1. The first kappa shape index (κ1) is 21.7. The van der Waals surface area contributed by atoms with Gasteiger partial charge in [-0.25, -0.2) is 4.79 Å². The van der Waals surface area contributed by atoms with E-state index in [1.165, 1.54) is 0 Å². The summed E-state index contributed by atoms with van der Waals surface area (Å²) in [6.45, 7) is 2.21. The fourth-order valence-corrected chi connectivity index (χ4v) is 3.25. The zero-order chi connectivity index (χ0) is 19.8.